The van der Waals surface area contributed by atoms with Crippen LogP contribution in [0.15, 0.2) is 50.4 Å². The van der Waals surface area contributed by atoms with E-state index in [9.17, 15) is 17.6 Å². The van der Waals surface area contributed by atoms with E-state index in [1.54, 1.807) is 44.2 Å². The topological polar surface area (TPSA) is 106 Å². The Hall–Kier alpha value is -3.24. The Morgan fingerprint density at radius 1 is 1.21 bits per heavy atom. The average Bonchev–Trinajstić information content (AvgIpc) is 3.44. The first-order valence-electron chi connectivity index (χ1n) is 10.5. The molecule has 0 unspecified atom stereocenters. The first kappa shape index (κ1) is 22.9. The summed E-state index contributed by atoms with van der Waals surface area (Å²) < 4.78 is 52.2. The molecule has 0 radical (unpaired) electrons. The predicted molar refractivity (Wildman–Crippen MR) is 120 cm³/mol. The third-order valence-corrected chi connectivity index (χ3v) is 7.69. The van der Waals surface area contributed by atoms with Crippen molar-refractivity contribution in [3.8, 4) is 0 Å². The molecule has 4 rings (SSSR count). The molecule has 33 heavy (non-hydrogen) atoms. The minimum atomic E-state index is -3.88. The molecule has 2 aromatic heterocycles. The molecule has 3 aromatic rings. The third kappa shape index (κ3) is 4.91. The second-order valence-electron chi connectivity index (χ2n) is 7.94. The summed E-state index contributed by atoms with van der Waals surface area (Å²) in [6, 6.07) is 7.97. The van der Waals surface area contributed by atoms with E-state index in [-0.39, 0.29) is 41.3 Å². The quantitative estimate of drug-likeness (QED) is 0.574. The van der Waals surface area contributed by atoms with E-state index in [1.165, 1.54) is 22.7 Å². The monoisotopic (exact) mass is 473 g/mol. The molecule has 1 aromatic carbocycles. The van der Waals surface area contributed by atoms with Crippen LogP contribution in [0.1, 0.15) is 35.6 Å². The Kier molecular flexibility index (Phi) is 6.48. The van der Waals surface area contributed by atoms with Crippen molar-refractivity contribution in [1.29, 1.82) is 0 Å². The van der Waals surface area contributed by atoms with Gasteiger partial charge in [-0.15, -0.1) is 0 Å². The molecule has 1 saturated heterocycles. The van der Waals surface area contributed by atoms with Crippen molar-refractivity contribution in [2.45, 2.75) is 31.6 Å². The van der Waals surface area contributed by atoms with Crippen LogP contribution < -0.4 is 5.32 Å². The van der Waals surface area contributed by atoms with E-state index in [0.29, 0.717) is 29.9 Å². The van der Waals surface area contributed by atoms with E-state index in [0.717, 1.165) is 0 Å². The summed E-state index contributed by atoms with van der Waals surface area (Å²) in [6.45, 7) is 3.57. The number of nitrogens with one attached hydrogen (secondary N) is 1. The van der Waals surface area contributed by atoms with Crippen LogP contribution in [0, 0.1) is 25.6 Å². The van der Waals surface area contributed by atoms with Gasteiger partial charge in [-0.2, -0.15) is 4.31 Å². The zero-order chi connectivity index (χ0) is 23.6. The number of amides is 1. The van der Waals surface area contributed by atoms with Gasteiger partial charge in [0.25, 0.3) is 0 Å². The molecule has 1 fully saturated rings. The Morgan fingerprint density at radius 2 is 1.97 bits per heavy atom. The fraction of sp³-hybridized carbons (Fsp3) is 0.304. The maximum Gasteiger partial charge on any atom is 0.248 e. The minimum Gasteiger partial charge on any atom is -0.465 e. The van der Waals surface area contributed by atoms with Gasteiger partial charge in [0.15, 0.2) is 10.7 Å². The molecule has 3 heterocycles. The number of rotatable bonds is 6. The highest BCUT2D eigenvalue weighted by molar-refractivity contribution is 7.89. The van der Waals surface area contributed by atoms with Crippen molar-refractivity contribution >= 4 is 33.8 Å². The summed E-state index contributed by atoms with van der Waals surface area (Å²) in [7, 11) is -3.88. The van der Waals surface area contributed by atoms with Crippen LogP contribution in [0.2, 0.25) is 0 Å². The number of benzene rings is 1. The van der Waals surface area contributed by atoms with Gasteiger partial charge in [0.2, 0.25) is 15.9 Å². The molecule has 0 aliphatic carbocycles. The molecule has 1 aliphatic rings. The number of sulfonamides is 1. The van der Waals surface area contributed by atoms with Gasteiger partial charge in [0.1, 0.15) is 17.3 Å². The van der Waals surface area contributed by atoms with Crippen molar-refractivity contribution in [2.75, 3.05) is 18.4 Å². The number of halogens is 1. The molecule has 1 N–H and O–H groups in total. The third-order valence-electron chi connectivity index (χ3n) is 5.64. The molecule has 1 aliphatic heterocycles. The molecule has 0 spiro atoms. The lowest BCUT2D eigenvalue weighted by atomic mass is 9.97. The van der Waals surface area contributed by atoms with E-state index in [2.05, 4.69) is 10.5 Å². The summed E-state index contributed by atoms with van der Waals surface area (Å²) in [5.74, 6) is -0.353. The number of aryl methyl sites for hydroxylation is 2. The molecule has 0 bridgehead atoms. The molecular formula is C23H24FN3O5S. The number of hydrogen-bond donors (Lipinski definition) is 1. The number of aromatic nitrogens is 1. The maximum absolute atomic E-state index is 13.7. The summed E-state index contributed by atoms with van der Waals surface area (Å²) >= 11 is 0. The smallest absolute Gasteiger partial charge is 0.248 e. The lowest BCUT2D eigenvalue weighted by Crippen LogP contribution is -2.41. The van der Waals surface area contributed by atoms with Gasteiger partial charge in [0, 0.05) is 24.7 Å². The highest BCUT2D eigenvalue weighted by atomic mass is 32.2. The van der Waals surface area contributed by atoms with Gasteiger partial charge in [-0.3, -0.25) is 4.79 Å². The molecule has 0 saturated carbocycles. The molecule has 10 heteroatoms. The Bertz CT molecular complexity index is 1270. The van der Waals surface area contributed by atoms with Gasteiger partial charge in [-0.05, 0) is 68.7 Å². The Balaban J connectivity index is 1.43. The molecule has 8 nitrogen and oxygen atoms in total. The second-order valence-corrected chi connectivity index (χ2v) is 9.82. The van der Waals surface area contributed by atoms with Crippen LogP contribution in [-0.4, -0.2) is 36.9 Å². The fourth-order valence-corrected chi connectivity index (χ4v) is 5.46. The zero-order valence-electron chi connectivity index (χ0n) is 18.2. The van der Waals surface area contributed by atoms with Gasteiger partial charge < -0.3 is 14.3 Å². The highest BCUT2D eigenvalue weighted by Crippen LogP contribution is 2.29. The first-order valence-corrected chi connectivity index (χ1v) is 11.9. The first-order chi connectivity index (χ1) is 15.8. The van der Waals surface area contributed by atoms with Crippen LogP contribution >= 0.6 is 0 Å². The fourth-order valence-electron chi connectivity index (χ4n) is 3.75. The van der Waals surface area contributed by atoms with Gasteiger partial charge in [-0.1, -0.05) is 11.2 Å². The summed E-state index contributed by atoms with van der Waals surface area (Å²) in [5.41, 5.74) is 1.13. The summed E-state index contributed by atoms with van der Waals surface area (Å²) in [5, 5.41) is 6.54. The molecule has 1 amide bonds. The molecular weight excluding hydrogens is 449 g/mol. The van der Waals surface area contributed by atoms with Gasteiger partial charge >= 0.3 is 0 Å². The van der Waals surface area contributed by atoms with Crippen LogP contribution in [0.5, 0.6) is 0 Å². The number of nitrogens with zero attached hydrogens (tertiary/aromatic N) is 2. The summed E-state index contributed by atoms with van der Waals surface area (Å²) in [4.78, 5) is 12.6. The number of piperidine rings is 1. The van der Waals surface area contributed by atoms with Crippen molar-refractivity contribution < 1.29 is 26.5 Å². The van der Waals surface area contributed by atoms with Gasteiger partial charge in [0.05, 0.1) is 6.26 Å². The SMILES string of the molecule is Cc1ccc(NC(=O)C2CCN(S(=O)(=O)c3c(C)noc3/C=C/c3ccco3)CC2)cc1F. The van der Waals surface area contributed by atoms with E-state index >= 15 is 0 Å². The lowest BCUT2D eigenvalue weighted by molar-refractivity contribution is -0.120. The Labute approximate surface area is 191 Å². The van der Waals surface area contributed by atoms with Crippen molar-refractivity contribution in [2.24, 2.45) is 5.92 Å². The molecule has 0 atom stereocenters. The van der Waals surface area contributed by atoms with Crippen molar-refractivity contribution in [3.63, 3.8) is 0 Å². The number of anilines is 1. The highest BCUT2D eigenvalue weighted by Gasteiger charge is 2.36. The normalized spacial score (nSPS) is 15.8. The maximum atomic E-state index is 13.7. The van der Waals surface area contributed by atoms with Gasteiger partial charge in [-0.25, -0.2) is 12.8 Å². The summed E-state index contributed by atoms with van der Waals surface area (Å²) in [6.07, 6.45) is 5.32. The number of hydrogen-bond acceptors (Lipinski definition) is 6. The second kappa shape index (κ2) is 9.32. The van der Waals surface area contributed by atoms with Crippen molar-refractivity contribution in [3.05, 3.63) is 65.2 Å². The Morgan fingerprint density at radius 3 is 2.64 bits per heavy atom. The number of carbonyl (C=O) groups excluding carboxylic acids is 1. The van der Waals surface area contributed by atoms with Crippen LogP contribution in [0.3, 0.4) is 0 Å². The molecule has 174 valence electrons. The van der Waals surface area contributed by atoms with Crippen LogP contribution in [-0.2, 0) is 14.8 Å². The van der Waals surface area contributed by atoms with E-state index in [4.69, 9.17) is 8.94 Å². The lowest BCUT2D eigenvalue weighted by Gasteiger charge is -2.30. The zero-order valence-corrected chi connectivity index (χ0v) is 19.1. The average molecular weight is 474 g/mol. The van der Waals surface area contributed by atoms with E-state index < -0.39 is 15.8 Å². The largest absolute Gasteiger partial charge is 0.465 e. The van der Waals surface area contributed by atoms with Crippen LogP contribution in [0.25, 0.3) is 12.2 Å². The van der Waals surface area contributed by atoms with E-state index in [1.807, 2.05) is 0 Å². The number of furan rings is 1. The minimum absolute atomic E-state index is 0.00309. The number of carbonyl (C=O) groups is 1. The van der Waals surface area contributed by atoms with Crippen molar-refractivity contribution in [1.82, 2.24) is 9.46 Å². The van der Waals surface area contributed by atoms with Crippen LogP contribution in [0.4, 0.5) is 10.1 Å². The standard InChI is InChI=1S/C23H24FN3O5S/c1-15-5-6-18(14-20(15)24)25-23(28)17-9-11-27(12-10-17)33(29,30)22-16(2)26-32-21(22)8-7-19-4-3-13-31-19/h3-8,13-14,17H,9-12H2,1-2H3,(H,25,28)/b8-7+. The predicted octanol–water partition coefficient (Wildman–Crippen LogP) is 4.23.